The van der Waals surface area contributed by atoms with E-state index in [4.69, 9.17) is 13.7 Å². The lowest BCUT2D eigenvalue weighted by Gasteiger charge is -2.24. The number of hydrogen-bond donors (Lipinski definition) is 1. The van der Waals surface area contributed by atoms with Gasteiger partial charge in [-0.2, -0.15) is 8.42 Å². The molecule has 1 rings (SSSR count). The Bertz CT molecular complexity index is 627. The third-order valence-electron chi connectivity index (χ3n) is 3.33. The van der Waals surface area contributed by atoms with Gasteiger partial charge >= 0.3 is 5.97 Å². The molecule has 0 radical (unpaired) electrons. The SMILES string of the molecule is CCOCCOc1ccccc1C(CC)C(OS(C)(=O)=O)C(=O)O. The zero-order chi connectivity index (χ0) is 18.2. The maximum absolute atomic E-state index is 11.5. The number of aliphatic carboxylic acids is 1. The van der Waals surface area contributed by atoms with Crippen LogP contribution in [0.25, 0.3) is 0 Å². The van der Waals surface area contributed by atoms with E-state index in [1.165, 1.54) is 0 Å². The average Bonchev–Trinajstić information content (AvgIpc) is 2.51. The van der Waals surface area contributed by atoms with E-state index in [0.29, 0.717) is 37.6 Å². The third-order valence-corrected chi connectivity index (χ3v) is 3.89. The summed E-state index contributed by atoms with van der Waals surface area (Å²) in [6.07, 6.45) is -0.306. The Hall–Kier alpha value is -1.64. The first-order chi connectivity index (χ1) is 11.3. The van der Waals surface area contributed by atoms with Crippen LogP contribution in [0.2, 0.25) is 0 Å². The largest absolute Gasteiger partial charge is 0.491 e. The van der Waals surface area contributed by atoms with E-state index in [0.717, 1.165) is 6.26 Å². The molecule has 0 bridgehead atoms. The van der Waals surface area contributed by atoms with Crippen molar-refractivity contribution >= 4 is 16.1 Å². The predicted octanol–water partition coefficient (Wildman–Crippen LogP) is 2.02. The van der Waals surface area contributed by atoms with Crippen LogP contribution in [0.5, 0.6) is 5.75 Å². The summed E-state index contributed by atoms with van der Waals surface area (Å²) < 4.78 is 38.5. The van der Waals surface area contributed by atoms with Crippen molar-refractivity contribution < 1.29 is 32.0 Å². The van der Waals surface area contributed by atoms with Crippen molar-refractivity contribution in [1.82, 2.24) is 0 Å². The smallest absolute Gasteiger partial charge is 0.335 e. The van der Waals surface area contributed by atoms with E-state index in [-0.39, 0.29) is 0 Å². The Labute approximate surface area is 142 Å². The van der Waals surface area contributed by atoms with Crippen LogP contribution in [0.3, 0.4) is 0 Å². The highest BCUT2D eigenvalue weighted by molar-refractivity contribution is 7.86. The molecule has 0 aliphatic rings. The summed E-state index contributed by atoms with van der Waals surface area (Å²) in [6.45, 7) is 4.94. The van der Waals surface area contributed by atoms with Crippen molar-refractivity contribution in [3.8, 4) is 5.75 Å². The number of para-hydroxylation sites is 1. The van der Waals surface area contributed by atoms with E-state index < -0.39 is 28.1 Å². The maximum Gasteiger partial charge on any atom is 0.335 e. The monoisotopic (exact) mass is 360 g/mol. The van der Waals surface area contributed by atoms with E-state index in [2.05, 4.69) is 0 Å². The standard InChI is InChI=1S/C16H24O7S/c1-4-12(15(16(17)18)23-24(3,19)20)13-8-6-7-9-14(13)22-11-10-21-5-2/h6-9,12,15H,4-5,10-11H2,1-3H3,(H,17,18). The highest BCUT2D eigenvalue weighted by atomic mass is 32.2. The topological polar surface area (TPSA) is 99.1 Å². The zero-order valence-corrected chi connectivity index (χ0v) is 14.9. The fraction of sp³-hybridized carbons (Fsp3) is 0.562. The van der Waals surface area contributed by atoms with Crippen LogP contribution in [0.15, 0.2) is 24.3 Å². The van der Waals surface area contributed by atoms with Crippen molar-refractivity contribution in [3.05, 3.63) is 29.8 Å². The molecule has 1 aromatic carbocycles. The molecule has 0 aliphatic carbocycles. The van der Waals surface area contributed by atoms with Gasteiger partial charge in [0, 0.05) is 18.1 Å². The minimum absolute atomic E-state index is 0.311. The van der Waals surface area contributed by atoms with Crippen LogP contribution in [0, 0.1) is 0 Å². The van der Waals surface area contributed by atoms with Crippen molar-refractivity contribution in [2.24, 2.45) is 0 Å². The van der Waals surface area contributed by atoms with Gasteiger partial charge in [-0.1, -0.05) is 25.1 Å². The first kappa shape index (κ1) is 20.4. The number of carbonyl (C=O) groups is 1. The van der Waals surface area contributed by atoms with Gasteiger partial charge in [-0.3, -0.25) is 4.18 Å². The van der Waals surface area contributed by atoms with Gasteiger partial charge in [-0.15, -0.1) is 0 Å². The molecule has 0 heterocycles. The number of rotatable bonds is 11. The Morgan fingerprint density at radius 3 is 2.42 bits per heavy atom. The molecular weight excluding hydrogens is 336 g/mol. The van der Waals surface area contributed by atoms with Crippen molar-refractivity contribution in [2.75, 3.05) is 26.1 Å². The maximum atomic E-state index is 11.5. The second kappa shape index (κ2) is 9.61. The van der Waals surface area contributed by atoms with Crippen LogP contribution in [0.1, 0.15) is 31.7 Å². The van der Waals surface area contributed by atoms with Gasteiger partial charge in [0.15, 0.2) is 6.10 Å². The lowest BCUT2D eigenvalue weighted by atomic mass is 9.90. The average molecular weight is 360 g/mol. The van der Waals surface area contributed by atoms with E-state index >= 15 is 0 Å². The van der Waals surface area contributed by atoms with Crippen LogP contribution < -0.4 is 4.74 Å². The zero-order valence-electron chi connectivity index (χ0n) is 14.1. The molecule has 2 atom stereocenters. The normalized spacial score (nSPS) is 14.1. The molecule has 2 unspecified atom stereocenters. The van der Waals surface area contributed by atoms with Gasteiger partial charge < -0.3 is 14.6 Å². The van der Waals surface area contributed by atoms with Crippen LogP contribution >= 0.6 is 0 Å². The second-order valence-electron chi connectivity index (χ2n) is 5.16. The van der Waals surface area contributed by atoms with Crippen LogP contribution in [-0.4, -0.2) is 51.7 Å². The summed E-state index contributed by atoms with van der Waals surface area (Å²) in [5.41, 5.74) is 0.590. The minimum Gasteiger partial charge on any atom is -0.491 e. The fourth-order valence-electron chi connectivity index (χ4n) is 2.34. The summed E-state index contributed by atoms with van der Waals surface area (Å²) >= 11 is 0. The molecule has 0 aliphatic heterocycles. The van der Waals surface area contributed by atoms with Crippen molar-refractivity contribution in [3.63, 3.8) is 0 Å². The number of carboxylic acid groups (broad SMARTS) is 1. The Balaban J connectivity index is 3.07. The molecule has 0 fully saturated rings. The van der Waals surface area contributed by atoms with Gasteiger partial charge in [0.1, 0.15) is 12.4 Å². The molecular formula is C16H24O7S. The number of benzene rings is 1. The molecule has 0 amide bonds. The van der Waals surface area contributed by atoms with Gasteiger partial charge in [0.25, 0.3) is 10.1 Å². The lowest BCUT2D eigenvalue weighted by molar-refractivity contribution is -0.146. The molecule has 24 heavy (non-hydrogen) atoms. The van der Waals surface area contributed by atoms with Crippen LogP contribution in [0.4, 0.5) is 0 Å². The molecule has 136 valence electrons. The van der Waals surface area contributed by atoms with Crippen LogP contribution in [-0.2, 0) is 23.8 Å². The Morgan fingerprint density at radius 2 is 1.88 bits per heavy atom. The van der Waals surface area contributed by atoms with E-state index in [1.54, 1.807) is 31.2 Å². The van der Waals surface area contributed by atoms with Crippen molar-refractivity contribution in [1.29, 1.82) is 0 Å². The summed E-state index contributed by atoms with van der Waals surface area (Å²) in [6, 6.07) is 6.93. The highest BCUT2D eigenvalue weighted by Crippen LogP contribution is 2.33. The third kappa shape index (κ3) is 6.46. The van der Waals surface area contributed by atoms with Gasteiger partial charge in [0.2, 0.25) is 0 Å². The molecule has 7 nitrogen and oxygen atoms in total. The van der Waals surface area contributed by atoms with Gasteiger partial charge in [0.05, 0.1) is 12.9 Å². The van der Waals surface area contributed by atoms with E-state index in [9.17, 15) is 18.3 Å². The lowest BCUT2D eigenvalue weighted by Crippen LogP contribution is -2.33. The summed E-state index contributed by atoms with van der Waals surface area (Å²) in [5.74, 6) is -1.51. The van der Waals surface area contributed by atoms with E-state index in [1.807, 2.05) is 6.92 Å². The van der Waals surface area contributed by atoms with Gasteiger partial charge in [-0.05, 0) is 19.4 Å². The quantitative estimate of drug-likeness (QED) is 0.476. The molecule has 0 spiro atoms. The number of hydrogen-bond acceptors (Lipinski definition) is 6. The molecule has 0 saturated carbocycles. The number of carboxylic acids is 1. The molecule has 1 N–H and O–H groups in total. The number of ether oxygens (including phenoxy) is 2. The summed E-state index contributed by atoms with van der Waals surface area (Å²) in [5, 5.41) is 9.39. The highest BCUT2D eigenvalue weighted by Gasteiger charge is 2.34. The molecule has 8 heteroatoms. The first-order valence-corrected chi connectivity index (χ1v) is 9.52. The van der Waals surface area contributed by atoms with Gasteiger partial charge in [-0.25, -0.2) is 4.79 Å². The molecule has 1 aromatic rings. The van der Waals surface area contributed by atoms with Crippen molar-refractivity contribution in [2.45, 2.75) is 32.3 Å². The first-order valence-electron chi connectivity index (χ1n) is 7.70. The molecule has 0 aromatic heterocycles. The predicted molar refractivity (Wildman–Crippen MR) is 88.8 cm³/mol. The Kier molecular flexibility index (Phi) is 8.17. The second-order valence-corrected chi connectivity index (χ2v) is 6.76. The Morgan fingerprint density at radius 1 is 1.21 bits per heavy atom. The minimum atomic E-state index is -3.91. The molecule has 0 saturated heterocycles. The summed E-state index contributed by atoms with van der Waals surface area (Å²) in [7, 11) is -3.91. The summed E-state index contributed by atoms with van der Waals surface area (Å²) in [4.78, 5) is 11.5. The fourth-order valence-corrected chi connectivity index (χ4v) is 2.93.